The van der Waals surface area contributed by atoms with Crippen LogP contribution in [0.3, 0.4) is 0 Å². The fourth-order valence-corrected chi connectivity index (χ4v) is 5.01. The lowest BCUT2D eigenvalue weighted by Gasteiger charge is -2.35. The van der Waals surface area contributed by atoms with E-state index in [2.05, 4.69) is 0 Å². The Labute approximate surface area is 125 Å². The van der Waals surface area contributed by atoms with Gasteiger partial charge >= 0.3 is 11.9 Å². The first-order valence-electron chi connectivity index (χ1n) is 7.20. The van der Waals surface area contributed by atoms with E-state index in [9.17, 15) is 18.0 Å². The predicted octanol–water partition coefficient (Wildman–Crippen LogP) is 0.254. The summed E-state index contributed by atoms with van der Waals surface area (Å²) in [6, 6.07) is -0.574. The monoisotopic (exact) mass is 316 g/mol. The van der Waals surface area contributed by atoms with Gasteiger partial charge in [0.05, 0.1) is 14.1 Å². The number of imide groups is 1. The first-order chi connectivity index (χ1) is 9.80. The third-order valence-corrected chi connectivity index (χ3v) is 6.31. The number of carbonyl (C=O) groups is 2. The molecule has 8 heteroatoms. The minimum absolute atomic E-state index is 0.0572. The Morgan fingerprint density at radius 3 is 2.62 bits per heavy atom. The van der Waals surface area contributed by atoms with E-state index in [1.807, 2.05) is 6.92 Å². The molecule has 0 saturated carbocycles. The number of rotatable bonds is 3. The largest absolute Gasteiger partial charge is 0.500 e. The van der Waals surface area contributed by atoms with Crippen LogP contribution in [0.5, 0.6) is 0 Å². The van der Waals surface area contributed by atoms with Crippen LogP contribution in [0.25, 0.3) is 0 Å². The quantitative estimate of drug-likeness (QED) is 0.700. The standard InChI is InChI=1S/C13H22N3O4S/c1-4-10-7-5-6-8-16(10)21(19,20)11-9-14(2)13(18)15(3)12(11)17/h9-11H,4-8H2,1-3H3/q+1. The van der Waals surface area contributed by atoms with Gasteiger partial charge in [0.1, 0.15) is 6.21 Å². The fourth-order valence-electron chi connectivity index (χ4n) is 2.92. The molecule has 118 valence electrons. The molecule has 2 aliphatic rings. The third kappa shape index (κ3) is 2.74. The summed E-state index contributed by atoms with van der Waals surface area (Å²) in [5.41, 5.74) is 0. The van der Waals surface area contributed by atoms with Gasteiger partial charge in [0.15, 0.2) is 0 Å². The number of piperidine rings is 1. The fraction of sp³-hybridized carbons (Fsp3) is 0.769. The van der Waals surface area contributed by atoms with Crippen LogP contribution in [-0.2, 0) is 14.8 Å². The molecule has 2 rings (SSSR count). The van der Waals surface area contributed by atoms with Gasteiger partial charge < -0.3 is 0 Å². The summed E-state index contributed by atoms with van der Waals surface area (Å²) in [6.45, 7) is 2.40. The molecule has 2 aliphatic heterocycles. The van der Waals surface area contributed by atoms with Gasteiger partial charge in [-0.2, -0.15) is 14.0 Å². The van der Waals surface area contributed by atoms with E-state index in [1.165, 1.54) is 24.6 Å². The van der Waals surface area contributed by atoms with Gasteiger partial charge in [-0.05, 0) is 19.3 Å². The van der Waals surface area contributed by atoms with Gasteiger partial charge in [-0.25, -0.2) is 17.8 Å². The normalized spacial score (nSPS) is 28.7. The maximum atomic E-state index is 12.8. The van der Waals surface area contributed by atoms with Crippen molar-refractivity contribution < 1.29 is 22.6 Å². The van der Waals surface area contributed by atoms with Gasteiger partial charge in [0.25, 0.3) is 0 Å². The van der Waals surface area contributed by atoms with Gasteiger partial charge in [-0.1, -0.05) is 13.3 Å². The second-order valence-electron chi connectivity index (χ2n) is 5.57. The molecule has 1 fully saturated rings. The van der Waals surface area contributed by atoms with Gasteiger partial charge in [0.2, 0.25) is 15.3 Å². The van der Waals surface area contributed by atoms with Crippen LogP contribution in [0, 0.1) is 0 Å². The molecule has 2 atom stereocenters. The Kier molecular flexibility index (Phi) is 4.48. The first-order valence-corrected chi connectivity index (χ1v) is 8.71. The number of hydrogen-bond acceptors (Lipinski definition) is 4. The van der Waals surface area contributed by atoms with Crippen molar-refractivity contribution in [1.82, 2.24) is 9.21 Å². The molecular weight excluding hydrogens is 294 g/mol. The Hall–Kier alpha value is -1.28. The molecule has 0 aromatic heterocycles. The van der Waals surface area contributed by atoms with E-state index in [1.54, 1.807) is 0 Å². The second-order valence-corrected chi connectivity index (χ2v) is 7.58. The van der Waals surface area contributed by atoms with Crippen molar-refractivity contribution in [1.29, 1.82) is 0 Å². The van der Waals surface area contributed by atoms with E-state index in [4.69, 9.17) is 0 Å². The summed E-state index contributed by atoms with van der Waals surface area (Å²) in [4.78, 5) is 24.8. The van der Waals surface area contributed by atoms with Crippen LogP contribution in [-0.4, -0.2) is 72.3 Å². The van der Waals surface area contributed by atoms with E-state index in [0.29, 0.717) is 6.54 Å². The van der Waals surface area contributed by atoms with Crippen LogP contribution >= 0.6 is 0 Å². The Balaban J connectivity index is 2.39. The van der Waals surface area contributed by atoms with Crippen molar-refractivity contribution in [2.75, 3.05) is 20.6 Å². The lowest BCUT2D eigenvalue weighted by atomic mass is 10.0. The average Bonchev–Trinajstić information content (AvgIpc) is 2.48. The molecule has 1 saturated heterocycles. The Morgan fingerprint density at radius 2 is 2.00 bits per heavy atom. The van der Waals surface area contributed by atoms with Crippen molar-refractivity contribution in [2.24, 2.45) is 0 Å². The minimum Gasteiger partial charge on any atom is -0.245 e. The van der Waals surface area contributed by atoms with Crippen molar-refractivity contribution in [2.45, 2.75) is 43.9 Å². The van der Waals surface area contributed by atoms with Crippen LogP contribution in [0.15, 0.2) is 0 Å². The molecule has 2 heterocycles. The lowest BCUT2D eigenvalue weighted by Crippen LogP contribution is -2.58. The van der Waals surface area contributed by atoms with Gasteiger partial charge in [-0.15, -0.1) is 0 Å². The highest BCUT2D eigenvalue weighted by Crippen LogP contribution is 2.25. The highest BCUT2D eigenvalue weighted by molar-refractivity contribution is 7.91. The highest BCUT2D eigenvalue weighted by atomic mass is 32.2. The van der Waals surface area contributed by atoms with Crippen molar-refractivity contribution >= 4 is 28.2 Å². The Bertz CT molecular complexity index is 584. The predicted molar refractivity (Wildman–Crippen MR) is 77.8 cm³/mol. The molecule has 7 nitrogen and oxygen atoms in total. The molecule has 0 N–H and O–H groups in total. The summed E-state index contributed by atoms with van der Waals surface area (Å²) in [6.07, 6.45) is 4.57. The lowest BCUT2D eigenvalue weighted by molar-refractivity contribution is -0.399. The Morgan fingerprint density at radius 1 is 1.33 bits per heavy atom. The number of nitrogens with zero attached hydrogens (tertiary/aromatic N) is 3. The molecular formula is C13H22N3O4S+. The average molecular weight is 316 g/mol. The summed E-state index contributed by atoms with van der Waals surface area (Å²) in [7, 11) is -1.02. The van der Waals surface area contributed by atoms with Crippen LogP contribution in [0.1, 0.15) is 32.6 Å². The topological polar surface area (TPSA) is 77.8 Å². The summed E-state index contributed by atoms with van der Waals surface area (Å²) >= 11 is 0. The first kappa shape index (κ1) is 16.1. The van der Waals surface area contributed by atoms with E-state index < -0.39 is 27.2 Å². The van der Waals surface area contributed by atoms with Crippen LogP contribution in [0.4, 0.5) is 4.79 Å². The zero-order valence-corrected chi connectivity index (χ0v) is 13.5. The molecule has 0 radical (unpaired) electrons. The molecule has 0 spiro atoms. The van der Waals surface area contributed by atoms with Crippen LogP contribution in [0.2, 0.25) is 0 Å². The number of carbonyl (C=O) groups excluding carboxylic acids is 2. The van der Waals surface area contributed by atoms with E-state index in [-0.39, 0.29) is 6.04 Å². The SMILES string of the molecule is CCC1CCCCN1S(=O)(=O)C1C=[N+](C)C(=O)N(C)C1=O. The molecule has 3 amide bonds. The number of urea groups is 1. The number of amides is 3. The molecule has 0 aromatic carbocycles. The minimum atomic E-state index is -3.79. The number of sulfonamides is 1. The summed E-state index contributed by atoms with van der Waals surface area (Å²) in [5.74, 6) is -0.682. The van der Waals surface area contributed by atoms with Crippen molar-refractivity contribution in [3.8, 4) is 0 Å². The maximum absolute atomic E-state index is 12.8. The van der Waals surface area contributed by atoms with E-state index in [0.717, 1.165) is 35.2 Å². The highest BCUT2D eigenvalue weighted by Gasteiger charge is 2.49. The van der Waals surface area contributed by atoms with Gasteiger partial charge in [-0.3, -0.25) is 0 Å². The smallest absolute Gasteiger partial charge is 0.245 e. The van der Waals surface area contributed by atoms with Gasteiger partial charge in [0, 0.05) is 12.6 Å². The summed E-state index contributed by atoms with van der Waals surface area (Å²) < 4.78 is 28.3. The zero-order valence-electron chi connectivity index (χ0n) is 12.7. The molecule has 21 heavy (non-hydrogen) atoms. The summed E-state index contributed by atoms with van der Waals surface area (Å²) in [5, 5.41) is -1.31. The third-order valence-electron chi connectivity index (χ3n) is 4.21. The molecule has 0 aliphatic carbocycles. The molecule has 0 aromatic rings. The maximum Gasteiger partial charge on any atom is 0.500 e. The second kappa shape index (κ2) is 5.84. The van der Waals surface area contributed by atoms with E-state index >= 15 is 0 Å². The van der Waals surface area contributed by atoms with Crippen molar-refractivity contribution in [3.05, 3.63) is 0 Å². The molecule has 0 bridgehead atoms. The van der Waals surface area contributed by atoms with Crippen molar-refractivity contribution in [3.63, 3.8) is 0 Å². The zero-order chi connectivity index (χ0) is 15.8. The van der Waals surface area contributed by atoms with Crippen LogP contribution < -0.4 is 0 Å². The molecule has 2 unspecified atom stereocenters. The number of hydrogen-bond donors (Lipinski definition) is 0.